The van der Waals surface area contributed by atoms with Gasteiger partial charge in [-0.1, -0.05) is 30.3 Å². The van der Waals surface area contributed by atoms with Gasteiger partial charge < -0.3 is 15.4 Å². The number of ether oxygens (including phenoxy) is 1. The zero-order valence-corrected chi connectivity index (χ0v) is 12.3. The fourth-order valence-electron chi connectivity index (χ4n) is 2.87. The molecule has 1 amide bonds. The van der Waals surface area contributed by atoms with E-state index in [0.29, 0.717) is 6.54 Å². The fraction of sp³-hybridized carbons (Fsp3) is 0.562. The van der Waals surface area contributed by atoms with Crippen LogP contribution in [0.5, 0.6) is 0 Å². The molecule has 0 spiro atoms. The Morgan fingerprint density at radius 2 is 2.15 bits per heavy atom. The highest BCUT2D eigenvalue weighted by atomic mass is 16.5. The van der Waals surface area contributed by atoms with Crippen LogP contribution in [-0.2, 0) is 9.53 Å². The Balaban J connectivity index is 2.08. The molecule has 4 heteroatoms. The van der Waals surface area contributed by atoms with Gasteiger partial charge in [-0.05, 0) is 25.3 Å². The normalized spacial score (nSPS) is 24.4. The number of rotatable bonds is 4. The minimum absolute atomic E-state index is 0.0902. The van der Waals surface area contributed by atoms with Crippen molar-refractivity contribution in [3.05, 3.63) is 35.9 Å². The number of carbonyl (C=O) groups excluding carboxylic acids is 1. The van der Waals surface area contributed by atoms with Gasteiger partial charge in [0.05, 0.1) is 12.0 Å². The molecule has 4 nitrogen and oxygen atoms in total. The molecule has 1 heterocycles. The lowest BCUT2D eigenvalue weighted by Crippen LogP contribution is -2.52. The summed E-state index contributed by atoms with van der Waals surface area (Å²) in [6, 6.07) is 10.00. The quantitative estimate of drug-likeness (QED) is 0.911. The van der Waals surface area contributed by atoms with Gasteiger partial charge in [-0.25, -0.2) is 0 Å². The van der Waals surface area contributed by atoms with E-state index in [9.17, 15) is 4.79 Å². The largest absolute Gasteiger partial charge is 0.381 e. The van der Waals surface area contributed by atoms with Crippen molar-refractivity contribution >= 4 is 5.91 Å². The number of piperidine rings is 1. The Morgan fingerprint density at radius 3 is 2.75 bits per heavy atom. The minimum atomic E-state index is -0.121. The van der Waals surface area contributed by atoms with Crippen LogP contribution in [0.2, 0.25) is 0 Å². The van der Waals surface area contributed by atoms with Crippen LogP contribution >= 0.6 is 0 Å². The molecular weight excluding hydrogens is 252 g/mol. The summed E-state index contributed by atoms with van der Waals surface area (Å²) in [7, 11) is 1.72. The molecule has 0 aromatic heterocycles. The van der Waals surface area contributed by atoms with Crippen LogP contribution in [0.4, 0.5) is 0 Å². The Morgan fingerprint density at radius 1 is 1.45 bits per heavy atom. The molecule has 1 aliphatic rings. The summed E-state index contributed by atoms with van der Waals surface area (Å²) in [4.78, 5) is 14.6. The van der Waals surface area contributed by atoms with E-state index in [1.165, 1.54) is 0 Å². The predicted octanol–water partition coefficient (Wildman–Crippen LogP) is 1.75. The first-order valence-electron chi connectivity index (χ1n) is 7.25. The van der Waals surface area contributed by atoms with Gasteiger partial charge in [-0.3, -0.25) is 4.79 Å². The van der Waals surface area contributed by atoms with Crippen LogP contribution in [0.3, 0.4) is 0 Å². The minimum Gasteiger partial charge on any atom is -0.381 e. The average molecular weight is 276 g/mol. The van der Waals surface area contributed by atoms with Gasteiger partial charge >= 0.3 is 0 Å². The Bertz CT molecular complexity index is 435. The molecule has 0 saturated carbocycles. The number of hydrogen-bond donors (Lipinski definition) is 1. The van der Waals surface area contributed by atoms with Gasteiger partial charge in [0.15, 0.2) is 0 Å². The topological polar surface area (TPSA) is 55.6 Å². The molecule has 1 aromatic carbocycles. The smallest absolute Gasteiger partial charge is 0.230 e. The van der Waals surface area contributed by atoms with Crippen molar-refractivity contribution in [2.45, 2.75) is 37.8 Å². The van der Waals surface area contributed by atoms with Crippen LogP contribution < -0.4 is 5.73 Å². The molecular formula is C16H24N2O2. The first-order valence-corrected chi connectivity index (χ1v) is 7.25. The van der Waals surface area contributed by atoms with E-state index in [1.54, 1.807) is 7.11 Å². The van der Waals surface area contributed by atoms with E-state index in [2.05, 4.69) is 0 Å². The molecule has 3 atom stereocenters. The van der Waals surface area contributed by atoms with Crippen LogP contribution in [0, 0.1) is 0 Å². The Hall–Kier alpha value is -1.39. The van der Waals surface area contributed by atoms with Gasteiger partial charge in [-0.15, -0.1) is 0 Å². The van der Waals surface area contributed by atoms with E-state index in [1.807, 2.05) is 42.2 Å². The zero-order valence-electron chi connectivity index (χ0n) is 12.3. The molecule has 1 fully saturated rings. The van der Waals surface area contributed by atoms with E-state index in [4.69, 9.17) is 10.5 Å². The second kappa shape index (κ2) is 6.86. The number of benzene rings is 1. The molecule has 20 heavy (non-hydrogen) atoms. The summed E-state index contributed by atoms with van der Waals surface area (Å²) >= 11 is 0. The van der Waals surface area contributed by atoms with Crippen LogP contribution in [0.15, 0.2) is 30.3 Å². The highest BCUT2D eigenvalue weighted by Crippen LogP contribution is 2.24. The van der Waals surface area contributed by atoms with Crippen molar-refractivity contribution < 1.29 is 9.53 Å². The third-order valence-electron chi connectivity index (χ3n) is 4.23. The summed E-state index contributed by atoms with van der Waals surface area (Å²) < 4.78 is 5.40. The first-order chi connectivity index (χ1) is 9.67. The molecule has 0 bridgehead atoms. The van der Waals surface area contributed by atoms with Gasteiger partial charge in [0.2, 0.25) is 5.91 Å². The molecule has 3 unspecified atom stereocenters. The summed E-state index contributed by atoms with van der Waals surface area (Å²) in [5, 5.41) is 0. The SMILES string of the molecule is COC1CCN(C(=O)C(C)c2ccccc2)C(CN)C1. The standard InChI is InChI=1S/C16H24N2O2/c1-12(13-6-4-3-5-7-13)16(19)18-9-8-15(20-2)10-14(18)11-17/h3-7,12,14-15H,8-11,17H2,1-2H3. The molecule has 1 saturated heterocycles. The number of hydrogen-bond acceptors (Lipinski definition) is 3. The average Bonchev–Trinajstić information content (AvgIpc) is 2.53. The second-order valence-corrected chi connectivity index (χ2v) is 5.44. The first kappa shape index (κ1) is 15.0. The second-order valence-electron chi connectivity index (χ2n) is 5.44. The maximum atomic E-state index is 12.7. The summed E-state index contributed by atoms with van der Waals surface area (Å²) in [6.07, 6.45) is 1.94. The predicted molar refractivity (Wildman–Crippen MR) is 79.4 cm³/mol. The van der Waals surface area contributed by atoms with Gasteiger partial charge in [0.1, 0.15) is 0 Å². The summed E-state index contributed by atoms with van der Waals surface area (Å²) in [5.41, 5.74) is 6.90. The van der Waals surface area contributed by atoms with Gasteiger partial charge in [0.25, 0.3) is 0 Å². The third kappa shape index (κ3) is 3.19. The van der Waals surface area contributed by atoms with Crippen LogP contribution in [0.25, 0.3) is 0 Å². The fourth-order valence-corrected chi connectivity index (χ4v) is 2.87. The molecule has 0 radical (unpaired) electrons. The highest BCUT2D eigenvalue weighted by molar-refractivity contribution is 5.83. The Kier molecular flexibility index (Phi) is 5.15. The van der Waals surface area contributed by atoms with Gasteiger partial charge in [0, 0.05) is 26.2 Å². The monoisotopic (exact) mass is 276 g/mol. The molecule has 0 aliphatic carbocycles. The molecule has 1 aromatic rings. The lowest BCUT2D eigenvalue weighted by molar-refractivity contribution is -0.138. The maximum Gasteiger partial charge on any atom is 0.230 e. The van der Waals surface area contributed by atoms with E-state index >= 15 is 0 Å². The van der Waals surface area contributed by atoms with E-state index in [0.717, 1.165) is 24.9 Å². The lowest BCUT2D eigenvalue weighted by Gasteiger charge is -2.39. The van der Waals surface area contributed by atoms with Crippen molar-refractivity contribution in [2.75, 3.05) is 20.2 Å². The van der Waals surface area contributed by atoms with E-state index in [-0.39, 0.29) is 24.0 Å². The number of likely N-dealkylation sites (tertiary alicyclic amines) is 1. The van der Waals surface area contributed by atoms with E-state index < -0.39 is 0 Å². The zero-order chi connectivity index (χ0) is 14.5. The maximum absolute atomic E-state index is 12.7. The number of nitrogens with zero attached hydrogens (tertiary/aromatic N) is 1. The lowest BCUT2D eigenvalue weighted by atomic mass is 9.94. The highest BCUT2D eigenvalue weighted by Gasteiger charge is 2.33. The van der Waals surface area contributed by atoms with Crippen molar-refractivity contribution in [3.63, 3.8) is 0 Å². The molecule has 1 aliphatic heterocycles. The molecule has 2 rings (SSSR count). The van der Waals surface area contributed by atoms with Crippen molar-refractivity contribution in [3.8, 4) is 0 Å². The number of carbonyl (C=O) groups is 1. The molecule has 2 N–H and O–H groups in total. The third-order valence-corrected chi connectivity index (χ3v) is 4.23. The van der Waals surface area contributed by atoms with Crippen LogP contribution in [-0.4, -0.2) is 43.2 Å². The number of nitrogens with two attached hydrogens (primary N) is 1. The Labute approximate surface area is 120 Å². The van der Waals surface area contributed by atoms with Crippen molar-refractivity contribution in [1.29, 1.82) is 0 Å². The number of methoxy groups -OCH3 is 1. The van der Waals surface area contributed by atoms with Gasteiger partial charge in [-0.2, -0.15) is 0 Å². The number of amides is 1. The summed E-state index contributed by atoms with van der Waals surface area (Å²) in [5.74, 6) is 0.0468. The summed E-state index contributed by atoms with van der Waals surface area (Å²) in [6.45, 7) is 3.19. The van der Waals surface area contributed by atoms with Crippen LogP contribution in [0.1, 0.15) is 31.2 Å². The molecule has 110 valence electrons. The van der Waals surface area contributed by atoms with Crippen molar-refractivity contribution in [1.82, 2.24) is 4.90 Å². The van der Waals surface area contributed by atoms with Crippen molar-refractivity contribution in [2.24, 2.45) is 5.73 Å².